The van der Waals surface area contributed by atoms with E-state index in [0.29, 0.717) is 11.1 Å². The van der Waals surface area contributed by atoms with Crippen LogP contribution in [0, 0.1) is 5.82 Å². The molecule has 3 aromatic carbocycles. The first-order chi connectivity index (χ1) is 19.5. The van der Waals surface area contributed by atoms with Crippen LogP contribution in [0.4, 0.5) is 32.0 Å². The van der Waals surface area contributed by atoms with Crippen molar-refractivity contribution in [3.8, 4) is 34.0 Å². The Balaban J connectivity index is 1.46. The van der Waals surface area contributed by atoms with E-state index in [2.05, 4.69) is 20.5 Å². The highest BCUT2D eigenvalue weighted by Gasteiger charge is 2.43. The molecule has 3 heterocycles. The number of benzene rings is 3. The predicted molar refractivity (Wildman–Crippen MR) is 140 cm³/mol. The Hall–Kier alpha value is -4.39. The maximum Gasteiger partial charge on any atom is 0.420 e. The molecule has 0 amide bonds. The number of aryl methyl sites for hydroxylation is 1. The minimum atomic E-state index is -4.82. The standard InChI is InChI=1S/C28H22F6N6O/c1-39-15-36-38-25(39)22-18(16-5-3-2-4-6-16)7-8-20(29)23(22)26-37-21-12-17(11-19(24(21)41-26)28(32,33)34)35-9-10-40-13-27(30,31)14-40/h2-8,11-12,15,35H,9-10,13-14H2,1H3. The van der Waals surface area contributed by atoms with Crippen LogP contribution in [0.15, 0.2) is 65.3 Å². The van der Waals surface area contributed by atoms with Crippen molar-refractivity contribution in [2.75, 3.05) is 31.5 Å². The van der Waals surface area contributed by atoms with Crippen LogP contribution in [0.2, 0.25) is 0 Å². The summed E-state index contributed by atoms with van der Waals surface area (Å²) >= 11 is 0. The number of oxazole rings is 1. The van der Waals surface area contributed by atoms with Gasteiger partial charge in [0.2, 0.25) is 5.89 Å². The number of halogens is 6. The van der Waals surface area contributed by atoms with Gasteiger partial charge in [-0.05, 0) is 29.3 Å². The second-order valence-electron chi connectivity index (χ2n) is 9.86. The van der Waals surface area contributed by atoms with E-state index in [-0.39, 0.29) is 47.1 Å². The SMILES string of the molecule is Cn1cnnc1-c1c(-c2ccccc2)ccc(F)c1-c1nc2cc(NCCN3CC(F)(F)C3)cc(C(F)(F)F)c2o1. The second kappa shape index (κ2) is 9.91. The molecule has 0 atom stereocenters. The Morgan fingerprint density at radius 3 is 2.44 bits per heavy atom. The highest BCUT2D eigenvalue weighted by Crippen LogP contribution is 2.43. The minimum Gasteiger partial charge on any atom is -0.435 e. The van der Waals surface area contributed by atoms with Gasteiger partial charge in [0.05, 0.1) is 18.7 Å². The molecule has 1 aliphatic rings. The summed E-state index contributed by atoms with van der Waals surface area (Å²) < 4.78 is 91.4. The van der Waals surface area contributed by atoms with Crippen LogP contribution >= 0.6 is 0 Å². The number of nitrogens with one attached hydrogen (secondary N) is 1. The molecule has 0 unspecified atom stereocenters. The van der Waals surface area contributed by atoms with Crippen LogP contribution < -0.4 is 5.32 Å². The number of alkyl halides is 5. The normalized spacial score (nSPS) is 15.3. The van der Waals surface area contributed by atoms with E-state index < -0.39 is 42.2 Å². The van der Waals surface area contributed by atoms with Gasteiger partial charge in [0, 0.05) is 31.4 Å². The third kappa shape index (κ3) is 5.12. The number of likely N-dealkylation sites (tertiary alicyclic amines) is 1. The van der Waals surface area contributed by atoms with Crippen molar-refractivity contribution in [3.05, 3.63) is 72.3 Å². The van der Waals surface area contributed by atoms with Gasteiger partial charge < -0.3 is 14.3 Å². The van der Waals surface area contributed by atoms with Crippen molar-refractivity contribution < 1.29 is 30.8 Å². The van der Waals surface area contributed by atoms with E-state index in [9.17, 15) is 22.0 Å². The Bertz CT molecular complexity index is 1720. The highest BCUT2D eigenvalue weighted by molar-refractivity contribution is 5.93. The van der Waals surface area contributed by atoms with E-state index in [0.717, 1.165) is 6.07 Å². The zero-order chi connectivity index (χ0) is 28.9. The first-order valence-electron chi connectivity index (χ1n) is 12.6. The lowest BCUT2D eigenvalue weighted by Gasteiger charge is -2.38. The molecule has 6 rings (SSSR count). The summed E-state index contributed by atoms with van der Waals surface area (Å²) in [6.45, 7) is -0.434. The summed E-state index contributed by atoms with van der Waals surface area (Å²) in [5.74, 6) is -3.61. The first-order valence-corrected chi connectivity index (χ1v) is 12.6. The Labute approximate surface area is 229 Å². The van der Waals surface area contributed by atoms with Crippen LogP contribution in [0.25, 0.3) is 45.1 Å². The number of aromatic nitrogens is 4. The molecule has 7 nitrogen and oxygen atoms in total. The third-order valence-corrected chi connectivity index (χ3v) is 6.85. The lowest BCUT2D eigenvalue weighted by atomic mass is 9.94. The van der Waals surface area contributed by atoms with Crippen molar-refractivity contribution >= 4 is 16.8 Å². The molecular formula is C28H22F6N6O. The van der Waals surface area contributed by atoms with Gasteiger partial charge in [-0.1, -0.05) is 36.4 Å². The van der Waals surface area contributed by atoms with Gasteiger partial charge >= 0.3 is 6.18 Å². The summed E-state index contributed by atoms with van der Waals surface area (Å²) in [7, 11) is 1.66. The molecule has 0 aliphatic carbocycles. The number of fused-ring (bicyclic) bond motifs is 1. The lowest BCUT2D eigenvalue weighted by Crippen LogP contribution is -2.57. The van der Waals surface area contributed by atoms with Crippen molar-refractivity contribution in [1.29, 1.82) is 0 Å². The van der Waals surface area contributed by atoms with E-state index >= 15 is 4.39 Å². The summed E-state index contributed by atoms with van der Waals surface area (Å²) in [5.41, 5.74) is -0.396. The van der Waals surface area contributed by atoms with Gasteiger partial charge in [0.15, 0.2) is 11.4 Å². The molecule has 5 aromatic rings. The minimum absolute atomic E-state index is 0.0731. The summed E-state index contributed by atoms with van der Waals surface area (Å²) in [4.78, 5) is 5.78. The Morgan fingerprint density at radius 2 is 1.78 bits per heavy atom. The first kappa shape index (κ1) is 26.8. The fourth-order valence-electron chi connectivity index (χ4n) is 4.96. The Kier molecular flexibility index (Phi) is 6.48. The number of rotatable bonds is 7. The van der Waals surface area contributed by atoms with E-state index in [1.807, 2.05) is 18.2 Å². The predicted octanol–water partition coefficient (Wildman–Crippen LogP) is 6.48. The van der Waals surface area contributed by atoms with Crippen LogP contribution in [0.5, 0.6) is 0 Å². The summed E-state index contributed by atoms with van der Waals surface area (Å²) in [5, 5.41) is 10.9. The van der Waals surface area contributed by atoms with Crippen molar-refractivity contribution in [2.24, 2.45) is 7.05 Å². The van der Waals surface area contributed by atoms with Crippen LogP contribution in [0.1, 0.15) is 5.56 Å². The van der Waals surface area contributed by atoms with Crippen LogP contribution in [-0.2, 0) is 13.2 Å². The Morgan fingerprint density at radius 1 is 1.02 bits per heavy atom. The van der Waals surface area contributed by atoms with Gasteiger partial charge in [-0.2, -0.15) is 13.2 Å². The fraction of sp³-hybridized carbons (Fsp3) is 0.250. The average Bonchev–Trinajstić information content (AvgIpc) is 3.52. The van der Waals surface area contributed by atoms with Crippen LogP contribution in [-0.4, -0.2) is 56.7 Å². The fourth-order valence-corrected chi connectivity index (χ4v) is 4.96. The van der Waals surface area contributed by atoms with Gasteiger partial charge in [-0.25, -0.2) is 18.2 Å². The quantitative estimate of drug-likeness (QED) is 0.225. The number of nitrogens with zero attached hydrogens (tertiary/aromatic N) is 5. The van der Waals surface area contributed by atoms with Crippen LogP contribution in [0.3, 0.4) is 0 Å². The molecule has 0 bridgehead atoms. The molecule has 212 valence electrons. The number of hydrogen-bond acceptors (Lipinski definition) is 6. The molecule has 0 radical (unpaired) electrons. The van der Waals surface area contributed by atoms with E-state index in [4.69, 9.17) is 4.42 Å². The zero-order valence-electron chi connectivity index (χ0n) is 21.5. The van der Waals surface area contributed by atoms with E-state index in [1.54, 1.807) is 29.8 Å². The molecule has 1 fully saturated rings. The molecule has 0 spiro atoms. The highest BCUT2D eigenvalue weighted by atomic mass is 19.4. The van der Waals surface area contributed by atoms with Crippen molar-refractivity contribution in [2.45, 2.75) is 12.1 Å². The van der Waals surface area contributed by atoms with Gasteiger partial charge in [-0.15, -0.1) is 10.2 Å². The zero-order valence-corrected chi connectivity index (χ0v) is 21.5. The van der Waals surface area contributed by atoms with Crippen molar-refractivity contribution in [3.63, 3.8) is 0 Å². The van der Waals surface area contributed by atoms with E-state index in [1.165, 1.54) is 23.4 Å². The summed E-state index contributed by atoms with van der Waals surface area (Å²) in [6.07, 6.45) is -3.39. The number of anilines is 1. The maximum absolute atomic E-state index is 15.6. The third-order valence-electron chi connectivity index (χ3n) is 6.85. The molecule has 1 aliphatic heterocycles. The molecule has 13 heteroatoms. The molecule has 2 aromatic heterocycles. The van der Waals surface area contributed by atoms with Crippen molar-refractivity contribution in [1.82, 2.24) is 24.6 Å². The largest absolute Gasteiger partial charge is 0.435 e. The molecule has 41 heavy (non-hydrogen) atoms. The van der Waals surface area contributed by atoms with Gasteiger partial charge in [0.25, 0.3) is 5.92 Å². The maximum atomic E-state index is 15.6. The lowest BCUT2D eigenvalue weighted by molar-refractivity contribution is -0.136. The molecule has 0 saturated carbocycles. The topological polar surface area (TPSA) is 72.0 Å². The second-order valence-corrected chi connectivity index (χ2v) is 9.86. The smallest absolute Gasteiger partial charge is 0.420 e. The number of hydrogen-bond donors (Lipinski definition) is 1. The molecule has 1 N–H and O–H groups in total. The molecule has 1 saturated heterocycles. The molecular weight excluding hydrogens is 550 g/mol. The van der Waals surface area contributed by atoms with Gasteiger partial charge in [0.1, 0.15) is 23.2 Å². The summed E-state index contributed by atoms with van der Waals surface area (Å²) in [6, 6.07) is 14.0. The average molecular weight is 573 g/mol. The monoisotopic (exact) mass is 572 g/mol. The van der Waals surface area contributed by atoms with Gasteiger partial charge in [-0.3, -0.25) is 4.90 Å².